The van der Waals surface area contributed by atoms with E-state index in [1.54, 1.807) is 12.1 Å². The third-order valence-corrected chi connectivity index (χ3v) is 6.31. The van der Waals surface area contributed by atoms with E-state index in [1.165, 1.54) is 29.2 Å². The number of para-hydroxylation sites is 1. The van der Waals surface area contributed by atoms with Crippen LogP contribution in [0.5, 0.6) is 0 Å². The Morgan fingerprint density at radius 2 is 2.07 bits per heavy atom. The average Bonchev–Trinajstić information content (AvgIpc) is 3.08. The number of nitro benzene ring substituents is 1. The molecule has 0 fully saturated rings. The molecule has 2 aromatic carbocycles. The van der Waals surface area contributed by atoms with Gasteiger partial charge in [-0.15, -0.1) is 11.3 Å². The van der Waals surface area contributed by atoms with E-state index < -0.39 is 4.92 Å². The molecule has 0 saturated heterocycles. The molecule has 0 bridgehead atoms. The molecule has 8 heteroatoms. The van der Waals surface area contributed by atoms with E-state index in [1.807, 2.05) is 44.4 Å². The summed E-state index contributed by atoms with van der Waals surface area (Å²) in [5, 5.41) is 16.3. The molecule has 6 nitrogen and oxygen atoms in total. The molecule has 0 atom stereocenters. The lowest BCUT2D eigenvalue weighted by molar-refractivity contribution is -0.387. The van der Waals surface area contributed by atoms with E-state index in [2.05, 4.69) is 10.3 Å². The zero-order valence-corrected chi connectivity index (χ0v) is 17.3. The number of rotatable bonds is 6. The monoisotopic (exact) mass is 413 g/mol. The van der Waals surface area contributed by atoms with E-state index in [0.717, 1.165) is 33.3 Å². The highest BCUT2D eigenvalue weighted by Crippen LogP contribution is 2.37. The van der Waals surface area contributed by atoms with Crippen LogP contribution in [0.2, 0.25) is 0 Å². The normalized spacial score (nSPS) is 10.7. The van der Waals surface area contributed by atoms with Crippen molar-refractivity contribution in [2.45, 2.75) is 36.4 Å². The molecule has 0 saturated carbocycles. The largest absolute Gasteiger partial charge is 0.321 e. The first-order valence-electron chi connectivity index (χ1n) is 8.67. The highest BCUT2D eigenvalue weighted by molar-refractivity contribution is 8.01. The van der Waals surface area contributed by atoms with Crippen LogP contribution in [0, 0.1) is 24.0 Å². The topological polar surface area (TPSA) is 85.1 Å². The van der Waals surface area contributed by atoms with Gasteiger partial charge < -0.3 is 5.32 Å². The van der Waals surface area contributed by atoms with Gasteiger partial charge in [0.2, 0.25) is 0 Å². The molecule has 0 radical (unpaired) electrons. The van der Waals surface area contributed by atoms with Gasteiger partial charge in [-0.2, -0.15) is 0 Å². The van der Waals surface area contributed by atoms with Crippen LogP contribution < -0.4 is 5.32 Å². The number of amides is 1. The fourth-order valence-electron chi connectivity index (χ4n) is 2.75. The molecule has 1 amide bonds. The number of aromatic nitrogens is 1. The molecule has 3 aromatic rings. The molecule has 3 rings (SSSR count). The Morgan fingerprint density at radius 1 is 1.29 bits per heavy atom. The highest BCUT2D eigenvalue weighted by Gasteiger charge is 2.20. The number of hydrogen-bond acceptors (Lipinski definition) is 6. The Hall–Kier alpha value is -2.71. The second-order valence-electron chi connectivity index (χ2n) is 6.21. The minimum Gasteiger partial charge on any atom is -0.321 e. The van der Waals surface area contributed by atoms with Crippen LogP contribution in [0.1, 0.15) is 34.1 Å². The van der Waals surface area contributed by atoms with Crippen molar-refractivity contribution in [3.05, 3.63) is 74.3 Å². The molecule has 1 N–H and O–H groups in total. The number of hydrogen-bond donors (Lipinski definition) is 1. The van der Waals surface area contributed by atoms with Crippen molar-refractivity contribution >= 4 is 40.4 Å². The fourth-order valence-corrected chi connectivity index (χ4v) is 4.63. The lowest BCUT2D eigenvalue weighted by Crippen LogP contribution is -2.14. The Bertz CT molecular complexity index is 1050. The summed E-state index contributed by atoms with van der Waals surface area (Å²) in [6, 6.07) is 10.4. The minimum absolute atomic E-state index is 0.106. The van der Waals surface area contributed by atoms with Crippen LogP contribution in [0.15, 0.2) is 51.0 Å². The van der Waals surface area contributed by atoms with E-state index in [4.69, 9.17) is 0 Å². The van der Waals surface area contributed by atoms with Crippen LogP contribution in [0.25, 0.3) is 0 Å². The first-order chi connectivity index (χ1) is 13.4. The maximum Gasteiger partial charge on any atom is 0.284 e. The summed E-state index contributed by atoms with van der Waals surface area (Å²) in [6.07, 6.45) is 0.778. The quantitative estimate of drug-likeness (QED) is 0.418. The summed E-state index contributed by atoms with van der Waals surface area (Å²) < 4.78 is 0.727. The van der Waals surface area contributed by atoms with Gasteiger partial charge in [0.1, 0.15) is 0 Å². The Morgan fingerprint density at radius 3 is 2.71 bits per heavy atom. The first kappa shape index (κ1) is 20.0. The molecule has 0 aliphatic heterocycles. The maximum absolute atomic E-state index is 12.7. The second-order valence-corrected chi connectivity index (χ2v) is 8.36. The minimum atomic E-state index is -0.467. The van der Waals surface area contributed by atoms with Gasteiger partial charge in [0, 0.05) is 28.4 Å². The van der Waals surface area contributed by atoms with Crippen molar-refractivity contribution in [3.63, 3.8) is 0 Å². The number of nitrogens with one attached hydrogen (secondary N) is 1. The number of nitro groups is 1. The Labute approximate surface area is 171 Å². The van der Waals surface area contributed by atoms with Gasteiger partial charge in [-0.3, -0.25) is 14.9 Å². The second kappa shape index (κ2) is 8.53. The average molecular weight is 414 g/mol. The molecule has 1 aromatic heterocycles. The van der Waals surface area contributed by atoms with E-state index in [0.29, 0.717) is 4.90 Å². The molecule has 1 heterocycles. The van der Waals surface area contributed by atoms with Crippen molar-refractivity contribution in [2.24, 2.45) is 0 Å². The van der Waals surface area contributed by atoms with Crippen molar-refractivity contribution < 1.29 is 9.72 Å². The summed E-state index contributed by atoms with van der Waals surface area (Å²) in [4.78, 5) is 28.6. The van der Waals surface area contributed by atoms with Crippen LogP contribution in [-0.2, 0) is 6.42 Å². The fraction of sp³-hybridized carbons (Fsp3) is 0.200. The Kier molecular flexibility index (Phi) is 6.11. The highest BCUT2D eigenvalue weighted by atomic mass is 32.2. The lowest BCUT2D eigenvalue weighted by atomic mass is 10.1. The standard InChI is InChI=1S/C20H19N3O3S2/c1-4-14-7-5-6-12(2)18(14)22-19(24)15-8-9-17(16(10-15)23(25)26)28-20-21-13(3)11-27-20/h5-11H,4H2,1-3H3,(H,22,24). The number of benzene rings is 2. The molecular formula is C20H19N3O3S2. The molecule has 0 spiro atoms. The third kappa shape index (κ3) is 4.40. The zero-order valence-electron chi connectivity index (χ0n) is 15.7. The molecule has 0 unspecified atom stereocenters. The van der Waals surface area contributed by atoms with E-state index >= 15 is 0 Å². The molecular weight excluding hydrogens is 394 g/mol. The third-order valence-electron chi connectivity index (χ3n) is 4.19. The lowest BCUT2D eigenvalue weighted by Gasteiger charge is -2.13. The van der Waals surface area contributed by atoms with Crippen molar-refractivity contribution in [1.82, 2.24) is 4.98 Å². The summed E-state index contributed by atoms with van der Waals surface area (Å²) in [5.74, 6) is -0.367. The first-order valence-corrected chi connectivity index (χ1v) is 10.4. The summed E-state index contributed by atoms with van der Waals surface area (Å²) in [7, 11) is 0. The van der Waals surface area contributed by atoms with E-state index in [-0.39, 0.29) is 17.2 Å². The number of carbonyl (C=O) groups is 1. The van der Waals surface area contributed by atoms with Gasteiger partial charge in [0.15, 0.2) is 4.34 Å². The molecule has 0 aliphatic carbocycles. The molecule has 144 valence electrons. The van der Waals surface area contributed by atoms with Crippen LogP contribution in [0.4, 0.5) is 11.4 Å². The number of carbonyl (C=O) groups excluding carboxylic acids is 1. The van der Waals surface area contributed by atoms with Gasteiger partial charge >= 0.3 is 0 Å². The van der Waals surface area contributed by atoms with Crippen LogP contribution in [-0.4, -0.2) is 15.8 Å². The van der Waals surface area contributed by atoms with E-state index in [9.17, 15) is 14.9 Å². The van der Waals surface area contributed by atoms with Crippen molar-refractivity contribution in [1.29, 1.82) is 0 Å². The SMILES string of the molecule is CCc1cccc(C)c1NC(=O)c1ccc(Sc2nc(C)cs2)c([N+](=O)[O-])c1. The molecule has 0 aliphatic rings. The zero-order chi connectivity index (χ0) is 20.3. The molecule has 28 heavy (non-hydrogen) atoms. The summed E-state index contributed by atoms with van der Waals surface area (Å²) in [5.41, 5.74) is 3.75. The summed E-state index contributed by atoms with van der Waals surface area (Å²) >= 11 is 2.66. The van der Waals surface area contributed by atoms with Crippen molar-refractivity contribution in [3.8, 4) is 0 Å². The van der Waals surface area contributed by atoms with Gasteiger partial charge in [0.05, 0.1) is 9.82 Å². The number of thiazole rings is 1. The van der Waals surface area contributed by atoms with Crippen molar-refractivity contribution in [2.75, 3.05) is 5.32 Å². The summed E-state index contributed by atoms with van der Waals surface area (Å²) in [6.45, 7) is 5.81. The van der Waals surface area contributed by atoms with Crippen LogP contribution in [0.3, 0.4) is 0 Å². The number of anilines is 1. The Balaban J connectivity index is 1.89. The smallest absolute Gasteiger partial charge is 0.284 e. The van der Waals surface area contributed by atoms with Crippen LogP contribution >= 0.6 is 23.1 Å². The number of nitrogens with zero attached hydrogens (tertiary/aromatic N) is 2. The van der Waals surface area contributed by atoms with Gasteiger partial charge in [-0.1, -0.05) is 36.9 Å². The predicted molar refractivity (Wildman–Crippen MR) is 113 cm³/mol. The predicted octanol–water partition coefficient (Wildman–Crippen LogP) is 5.63. The number of aryl methyl sites for hydroxylation is 3. The van der Waals surface area contributed by atoms with Gasteiger partial charge in [-0.25, -0.2) is 4.98 Å². The maximum atomic E-state index is 12.7. The van der Waals surface area contributed by atoms with Gasteiger partial charge in [0.25, 0.3) is 11.6 Å². The van der Waals surface area contributed by atoms with Gasteiger partial charge in [-0.05, 0) is 43.5 Å².